The van der Waals surface area contributed by atoms with Gasteiger partial charge in [-0.05, 0) is 49.9 Å². The summed E-state index contributed by atoms with van der Waals surface area (Å²) in [7, 11) is 1.61. The number of anilines is 1. The first-order valence-corrected chi connectivity index (χ1v) is 8.90. The number of amides is 1. The smallest absolute Gasteiger partial charge is 0.224 e. The highest BCUT2D eigenvalue weighted by atomic mass is 35.5. The lowest BCUT2D eigenvalue weighted by Crippen LogP contribution is -2.34. The SMILES string of the molecule is COCCOc1c(Cl)cccc1NC(=O)CC(C)C1CCCNC1. The average Bonchev–Trinajstić information content (AvgIpc) is 2.58. The number of halogens is 1. The van der Waals surface area contributed by atoms with E-state index in [1.807, 2.05) is 0 Å². The van der Waals surface area contributed by atoms with Crippen LogP contribution >= 0.6 is 11.6 Å². The molecular formula is C18H27ClN2O3. The number of carbonyl (C=O) groups is 1. The van der Waals surface area contributed by atoms with Crippen molar-refractivity contribution in [2.45, 2.75) is 26.2 Å². The molecule has 2 N–H and O–H groups in total. The zero-order valence-electron chi connectivity index (χ0n) is 14.4. The van der Waals surface area contributed by atoms with Gasteiger partial charge < -0.3 is 20.1 Å². The van der Waals surface area contributed by atoms with Gasteiger partial charge >= 0.3 is 0 Å². The highest BCUT2D eigenvalue weighted by Crippen LogP contribution is 2.33. The molecule has 2 unspecified atom stereocenters. The normalized spacial score (nSPS) is 18.9. The standard InChI is InChI=1S/C18H27ClN2O3/c1-13(14-5-4-8-20-12-14)11-17(22)21-16-7-3-6-15(19)18(16)24-10-9-23-2/h3,6-7,13-14,20H,4-5,8-12H2,1-2H3,(H,21,22). The van der Waals surface area contributed by atoms with E-state index in [1.54, 1.807) is 25.3 Å². The van der Waals surface area contributed by atoms with Crippen molar-refractivity contribution < 1.29 is 14.3 Å². The van der Waals surface area contributed by atoms with Crippen LogP contribution in [-0.2, 0) is 9.53 Å². The van der Waals surface area contributed by atoms with Gasteiger partial charge in [-0.2, -0.15) is 0 Å². The van der Waals surface area contributed by atoms with Crippen LogP contribution < -0.4 is 15.4 Å². The van der Waals surface area contributed by atoms with E-state index in [9.17, 15) is 4.79 Å². The quantitative estimate of drug-likeness (QED) is 0.703. The average molecular weight is 355 g/mol. The van der Waals surface area contributed by atoms with Gasteiger partial charge in [0.25, 0.3) is 0 Å². The Labute approximate surface area is 149 Å². The van der Waals surface area contributed by atoms with E-state index in [2.05, 4.69) is 17.6 Å². The van der Waals surface area contributed by atoms with E-state index in [-0.39, 0.29) is 5.91 Å². The summed E-state index contributed by atoms with van der Waals surface area (Å²) in [5.41, 5.74) is 0.609. The van der Waals surface area contributed by atoms with Crippen LogP contribution in [0, 0.1) is 11.8 Å². The van der Waals surface area contributed by atoms with Crippen molar-refractivity contribution in [2.75, 3.05) is 38.7 Å². The minimum absolute atomic E-state index is 0.00747. The van der Waals surface area contributed by atoms with Crippen LogP contribution in [0.15, 0.2) is 18.2 Å². The summed E-state index contributed by atoms with van der Waals surface area (Å²) in [5, 5.41) is 6.82. The molecule has 1 aliphatic rings. The Morgan fingerprint density at radius 1 is 1.46 bits per heavy atom. The Morgan fingerprint density at radius 3 is 3.00 bits per heavy atom. The van der Waals surface area contributed by atoms with E-state index in [0.717, 1.165) is 13.1 Å². The Balaban J connectivity index is 1.93. The van der Waals surface area contributed by atoms with Gasteiger partial charge in [-0.25, -0.2) is 0 Å². The van der Waals surface area contributed by atoms with Crippen LogP contribution in [0.1, 0.15) is 26.2 Å². The number of carbonyl (C=O) groups excluding carboxylic acids is 1. The highest BCUT2D eigenvalue weighted by molar-refractivity contribution is 6.32. The molecule has 1 amide bonds. The zero-order chi connectivity index (χ0) is 17.4. The predicted octanol–water partition coefficient (Wildman–Crippen LogP) is 3.33. The summed E-state index contributed by atoms with van der Waals surface area (Å²) < 4.78 is 10.6. The molecule has 1 aliphatic heterocycles. The Hall–Kier alpha value is -1.30. The molecular weight excluding hydrogens is 328 g/mol. The molecule has 1 aromatic rings. The van der Waals surface area contributed by atoms with E-state index >= 15 is 0 Å². The second-order valence-corrected chi connectivity index (χ2v) is 6.70. The third-order valence-corrected chi connectivity index (χ3v) is 4.72. The number of nitrogens with one attached hydrogen (secondary N) is 2. The summed E-state index contributed by atoms with van der Waals surface area (Å²) in [6, 6.07) is 5.35. The highest BCUT2D eigenvalue weighted by Gasteiger charge is 2.22. The Morgan fingerprint density at radius 2 is 2.29 bits per heavy atom. The van der Waals surface area contributed by atoms with Gasteiger partial charge in [0.1, 0.15) is 6.61 Å². The van der Waals surface area contributed by atoms with Crippen LogP contribution in [0.3, 0.4) is 0 Å². The van der Waals surface area contributed by atoms with Gasteiger partial charge in [-0.15, -0.1) is 0 Å². The van der Waals surface area contributed by atoms with Crippen molar-refractivity contribution in [2.24, 2.45) is 11.8 Å². The molecule has 0 radical (unpaired) electrons. The lowest BCUT2D eigenvalue weighted by Gasteiger charge is -2.28. The molecule has 2 atom stereocenters. The summed E-state index contributed by atoms with van der Waals surface area (Å²) in [6.07, 6.45) is 2.86. The van der Waals surface area contributed by atoms with Gasteiger partial charge in [0.05, 0.1) is 17.3 Å². The molecule has 6 heteroatoms. The fourth-order valence-corrected chi connectivity index (χ4v) is 3.23. The molecule has 1 heterocycles. The molecule has 1 saturated heterocycles. The Bertz CT molecular complexity index is 533. The third-order valence-electron chi connectivity index (χ3n) is 4.42. The molecule has 0 aromatic heterocycles. The third kappa shape index (κ3) is 5.65. The van der Waals surface area contributed by atoms with Gasteiger partial charge in [0.2, 0.25) is 5.91 Å². The van der Waals surface area contributed by atoms with Crippen LogP contribution in [0.5, 0.6) is 5.75 Å². The number of ether oxygens (including phenoxy) is 2. The van der Waals surface area contributed by atoms with Crippen molar-refractivity contribution >= 4 is 23.2 Å². The Kier molecular flexibility index (Phi) is 7.82. The second kappa shape index (κ2) is 9.87. The van der Waals surface area contributed by atoms with Gasteiger partial charge in [0, 0.05) is 13.5 Å². The second-order valence-electron chi connectivity index (χ2n) is 6.29. The molecule has 5 nitrogen and oxygen atoms in total. The van der Waals surface area contributed by atoms with Crippen LogP contribution in [-0.4, -0.2) is 39.3 Å². The maximum Gasteiger partial charge on any atom is 0.224 e. The first kappa shape index (κ1) is 19.0. The number of hydrogen-bond acceptors (Lipinski definition) is 4. The van der Waals surface area contributed by atoms with Gasteiger partial charge in [-0.3, -0.25) is 4.79 Å². The molecule has 0 saturated carbocycles. The first-order chi connectivity index (χ1) is 11.6. The molecule has 134 valence electrons. The van der Waals surface area contributed by atoms with Crippen LogP contribution in [0.4, 0.5) is 5.69 Å². The van der Waals surface area contributed by atoms with Crippen molar-refractivity contribution in [3.05, 3.63) is 23.2 Å². The zero-order valence-corrected chi connectivity index (χ0v) is 15.2. The van der Waals surface area contributed by atoms with Crippen LogP contribution in [0.25, 0.3) is 0 Å². The van der Waals surface area contributed by atoms with E-state index in [4.69, 9.17) is 21.1 Å². The summed E-state index contributed by atoms with van der Waals surface area (Å²) >= 11 is 6.19. The van der Waals surface area contributed by atoms with E-state index in [1.165, 1.54) is 12.8 Å². The molecule has 0 spiro atoms. The predicted molar refractivity (Wildman–Crippen MR) is 96.8 cm³/mol. The maximum absolute atomic E-state index is 12.4. The number of para-hydroxylation sites is 1. The lowest BCUT2D eigenvalue weighted by atomic mass is 9.85. The molecule has 0 aliphatic carbocycles. The number of hydrogen-bond donors (Lipinski definition) is 2. The number of rotatable bonds is 8. The van der Waals surface area contributed by atoms with E-state index in [0.29, 0.717) is 47.9 Å². The number of methoxy groups -OCH3 is 1. The molecule has 1 fully saturated rings. The van der Waals surface area contributed by atoms with E-state index < -0.39 is 0 Å². The number of benzene rings is 1. The largest absolute Gasteiger partial charge is 0.487 e. The summed E-state index contributed by atoms with van der Waals surface area (Å²) in [6.45, 7) is 5.07. The topological polar surface area (TPSA) is 59.6 Å². The van der Waals surface area contributed by atoms with Gasteiger partial charge in [0.15, 0.2) is 5.75 Å². The number of piperidine rings is 1. The minimum atomic E-state index is -0.00747. The molecule has 2 rings (SSSR count). The van der Waals surface area contributed by atoms with Crippen molar-refractivity contribution in [3.8, 4) is 5.75 Å². The monoisotopic (exact) mass is 354 g/mol. The van der Waals surface area contributed by atoms with Crippen molar-refractivity contribution in [1.82, 2.24) is 5.32 Å². The van der Waals surface area contributed by atoms with Crippen molar-refractivity contribution in [1.29, 1.82) is 0 Å². The summed E-state index contributed by atoms with van der Waals surface area (Å²) in [4.78, 5) is 12.4. The summed E-state index contributed by atoms with van der Waals surface area (Å²) in [5.74, 6) is 1.39. The maximum atomic E-state index is 12.4. The van der Waals surface area contributed by atoms with Gasteiger partial charge in [-0.1, -0.05) is 24.6 Å². The fraction of sp³-hybridized carbons (Fsp3) is 0.611. The first-order valence-electron chi connectivity index (χ1n) is 8.52. The molecule has 1 aromatic carbocycles. The minimum Gasteiger partial charge on any atom is -0.487 e. The molecule has 24 heavy (non-hydrogen) atoms. The fourth-order valence-electron chi connectivity index (χ4n) is 3.01. The van der Waals surface area contributed by atoms with Crippen molar-refractivity contribution in [3.63, 3.8) is 0 Å². The molecule has 0 bridgehead atoms. The lowest BCUT2D eigenvalue weighted by molar-refractivity contribution is -0.117. The van der Waals surface area contributed by atoms with Crippen LogP contribution in [0.2, 0.25) is 5.02 Å².